The van der Waals surface area contributed by atoms with Gasteiger partial charge in [-0.2, -0.15) is 5.26 Å². The van der Waals surface area contributed by atoms with Gasteiger partial charge in [-0.25, -0.2) is 0 Å². The zero-order valence-corrected chi connectivity index (χ0v) is 11.3. The summed E-state index contributed by atoms with van der Waals surface area (Å²) in [5, 5.41) is 9.78. The van der Waals surface area contributed by atoms with Crippen LogP contribution in [0.3, 0.4) is 0 Å². The summed E-state index contributed by atoms with van der Waals surface area (Å²) in [6, 6.07) is 16.9. The van der Waals surface area contributed by atoms with Crippen molar-refractivity contribution in [2.24, 2.45) is 0 Å². The van der Waals surface area contributed by atoms with Crippen LogP contribution in [-0.2, 0) is 6.61 Å². The Morgan fingerprint density at radius 1 is 1.14 bits per heavy atom. The van der Waals surface area contributed by atoms with Gasteiger partial charge in [-0.15, -0.1) is 0 Å². The number of hydrogen-bond donors (Lipinski definition) is 1. The molecular weight excluding hydrogens is 262 g/mol. The predicted octanol–water partition coefficient (Wildman–Crippen LogP) is 3.27. The average Bonchev–Trinajstić information content (AvgIpc) is 2.55. The molecular formula is C17H13N3O. The van der Waals surface area contributed by atoms with E-state index in [1.54, 1.807) is 12.3 Å². The number of nitrogens with zero attached hydrogens (tertiary/aromatic N) is 2. The molecule has 2 N–H and O–H groups in total. The van der Waals surface area contributed by atoms with Crippen molar-refractivity contribution in [3.05, 3.63) is 65.9 Å². The number of pyridine rings is 1. The van der Waals surface area contributed by atoms with Gasteiger partial charge in [0.1, 0.15) is 17.9 Å². The lowest BCUT2D eigenvalue weighted by Crippen LogP contribution is -1.98. The molecule has 0 bridgehead atoms. The van der Waals surface area contributed by atoms with E-state index >= 15 is 0 Å². The summed E-state index contributed by atoms with van der Waals surface area (Å²) in [6.45, 7) is 0.380. The van der Waals surface area contributed by atoms with Gasteiger partial charge in [-0.05, 0) is 42.0 Å². The zero-order valence-electron chi connectivity index (χ0n) is 11.3. The van der Waals surface area contributed by atoms with Crippen LogP contribution in [0.4, 0.5) is 5.69 Å². The molecule has 0 saturated carbocycles. The van der Waals surface area contributed by atoms with Crippen LogP contribution in [0.2, 0.25) is 0 Å². The molecule has 0 spiro atoms. The number of aromatic nitrogens is 1. The summed E-state index contributed by atoms with van der Waals surface area (Å²) in [7, 11) is 0. The topological polar surface area (TPSA) is 71.9 Å². The molecule has 0 unspecified atom stereocenters. The second-order valence-corrected chi connectivity index (χ2v) is 4.65. The third-order valence-corrected chi connectivity index (χ3v) is 3.22. The van der Waals surface area contributed by atoms with Gasteiger partial charge in [-0.1, -0.05) is 12.1 Å². The van der Waals surface area contributed by atoms with Gasteiger partial charge in [-0.3, -0.25) is 4.98 Å². The first-order valence-electron chi connectivity index (χ1n) is 6.53. The summed E-state index contributed by atoms with van der Waals surface area (Å²) < 4.78 is 5.83. The van der Waals surface area contributed by atoms with E-state index < -0.39 is 0 Å². The fourth-order valence-electron chi connectivity index (χ4n) is 2.18. The first-order chi connectivity index (χ1) is 10.3. The van der Waals surface area contributed by atoms with Crippen molar-refractivity contribution in [3.63, 3.8) is 0 Å². The maximum absolute atomic E-state index is 8.90. The molecule has 4 nitrogen and oxygen atoms in total. The number of nitrogens with two attached hydrogens (primary N) is 1. The van der Waals surface area contributed by atoms with Crippen LogP contribution in [0.5, 0.6) is 5.75 Å². The van der Waals surface area contributed by atoms with Crippen LogP contribution in [0, 0.1) is 11.3 Å². The number of benzene rings is 2. The SMILES string of the molecule is N#Cc1cccc(COc2ccc(N)c3cccnc23)c1. The minimum absolute atomic E-state index is 0.380. The van der Waals surface area contributed by atoms with Crippen molar-refractivity contribution in [1.29, 1.82) is 5.26 Å². The third kappa shape index (κ3) is 2.63. The highest BCUT2D eigenvalue weighted by atomic mass is 16.5. The predicted molar refractivity (Wildman–Crippen MR) is 81.6 cm³/mol. The van der Waals surface area contributed by atoms with Crippen LogP contribution in [0.1, 0.15) is 11.1 Å². The van der Waals surface area contributed by atoms with Crippen molar-refractivity contribution >= 4 is 16.6 Å². The first kappa shape index (κ1) is 12.9. The third-order valence-electron chi connectivity index (χ3n) is 3.22. The van der Waals surface area contributed by atoms with Crippen LogP contribution in [0.25, 0.3) is 10.9 Å². The molecule has 3 aromatic rings. The fraction of sp³-hybridized carbons (Fsp3) is 0.0588. The van der Waals surface area contributed by atoms with Gasteiger partial charge in [0.2, 0.25) is 0 Å². The lowest BCUT2D eigenvalue weighted by Gasteiger charge is -2.10. The van der Waals surface area contributed by atoms with E-state index in [1.165, 1.54) is 0 Å². The van der Waals surface area contributed by atoms with Crippen molar-refractivity contribution in [2.45, 2.75) is 6.61 Å². The molecule has 0 aliphatic heterocycles. The molecule has 3 rings (SSSR count). The summed E-state index contributed by atoms with van der Waals surface area (Å²) in [5.74, 6) is 0.683. The van der Waals surface area contributed by atoms with Gasteiger partial charge in [0.25, 0.3) is 0 Å². The standard InChI is InChI=1S/C17H13N3O/c18-10-12-3-1-4-13(9-12)11-21-16-7-6-15(19)14-5-2-8-20-17(14)16/h1-9H,11,19H2. The van der Waals surface area contributed by atoms with E-state index in [9.17, 15) is 0 Å². The second-order valence-electron chi connectivity index (χ2n) is 4.65. The number of fused-ring (bicyclic) bond motifs is 1. The summed E-state index contributed by atoms with van der Waals surface area (Å²) in [6.07, 6.45) is 1.71. The maximum Gasteiger partial charge on any atom is 0.146 e. The van der Waals surface area contributed by atoms with Gasteiger partial charge < -0.3 is 10.5 Å². The smallest absolute Gasteiger partial charge is 0.146 e. The normalized spacial score (nSPS) is 10.2. The van der Waals surface area contributed by atoms with Gasteiger partial charge in [0.15, 0.2) is 0 Å². The van der Waals surface area contributed by atoms with Gasteiger partial charge in [0.05, 0.1) is 11.6 Å². The quantitative estimate of drug-likeness (QED) is 0.745. The molecule has 0 saturated heterocycles. The average molecular weight is 275 g/mol. The van der Waals surface area contributed by atoms with Crippen LogP contribution < -0.4 is 10.5 Å². The summed E-state index contributed by atoms with van der Waals surface area (Å²) >= 11 is 0. The summed E-state index contributed by atoms with van der Waals surface area (Å²) in [4.78, 5) is 4.33. The van der Waals surface area contributed by atoms with E-state index in [4.69, 9.17) is 15.7 Å². The number of ether oxygens (including phenoxy) is 1. The molecule has 0 amide bonds. The largest absolute Gasteiger partial charge is 0.487 e. The molecule has 102 valence electrons. The van der Waals surface area contributed by atoms with E-state index in [-0.39, 0.29) is 0 Å². The Kier molecular flexibility index (Phi) is 3.40. The van der Waals surface area contributed by atoms with Gasteiger partial charge in [0, 0.05) is 17.3 Å². The molecule has 2 aromatic carbocycles. The molecule has 1 heterocycles. The Labute approximate surface area is 122 Å². The van der Waals surface area contributed by atoms with Crippen LogP contribution in [-0.4, -0.2) is 4.98 Å². The number of nitriles is 1. The molecule has 1 aromatic heterocycles. The second kappa shape index (κ2) is 5.51. The number of anilines is 1. The Balaban J connectivity index is 1.89. The first-order valence-corrected chi connectivity index (χ1v) is 6.53. The van der Waals surface area contributed by atoms with Crippen molar-refractivity contribution in [2.75, 3.05) is 5.73 Å². The lowest BCUT2D eigenvalue weighted by atomic mass is 10.1. The minimum atomic E-state index is 0.380. The van der Waals surface area contributed by atoms with E-state index in [0.29, 0.717) is 23.6 Å². The lowest BCUT2D eigenvalue weighted by molar-refractivity contribution is 0.309. The van der Waals surface area contributed by atoms with E-state index in [0.717, 1.165) is 16.5 Å². The van der Waals surface area contributed by atoms with Crippen molar-refractivity contribution < 1.29 is 4.74 Å². The fourth-order valence-corrected chi connectivity index (χ4v) is 2.18. The Bertz CT molecular complexity index is 837. The van der Waals surface area contributed by atoms with E-state index in [1.807, 2.05) is 42.5 Å². The molecule has 0 fully saturated rings. The highest BCUT2D eigenvalue weighted by Gasteiger charge is 2.06. The van der Waals surface area contributed by atoms with Crippen LogP contribution in [0.15, 0.2) is 54.7 Å². The molecule has 0 atom stereocenters. The summed E-state index contributed by atoms with van der Waals surface area (Å²) in [5.41, 5.74) is 8.92. The maximum atomic E-state index is 8.90. The molecule has 4 heteroatoms. The number of nitrogen functional groups attached to an aromatic ring is 1. The van der Waals surface area contributed by atoms with Crippen molar-refractivity contribution in [3.8, 4) is 11.8 Å². The molecule has 0 aliphatic rings. The monoisotopic (exact) mass is 275 g/mol. The minimum Gasteiger partial charge on any atom is -0.487 e. The van der Waals surface area contributed by atoms with Crippen molar-refractivity contribution in [1.82, 2.24) is 4.98 Å². The number of hydrogen-bond acceptors (Lipinski definition) is 4. The molecule has 0 aliphatic carbocycles. The Morgan fingerprint density at radius 2 is 2.05 bits per heavy atom. The highest BCUT2D eigenvalue weighted by molar-refractivity contribution is 5.94. The molecule has 0 radical (unpaired) electrons. The molecule has 21 heavy (non-hydrogen) atoms. The van der Waals surface area contributed by atoms with E-state index in [2.05, 4.69) is 11.1 Å². The highest BCUT2D eigenvalue weighted by Crippen LogP contribution is 2.28. The van der Waals surface area contributed by atoms with Gasteiger partial charge >= 0.3 is 0 Å². The zero-order chi connectivity index (χ0) is 14.7. The number of rotatable bonds is 3. The van der Waals surface area contributed by atoms with Crippen LogP contribution >= 0.6 is 0 Å². The Hall–Kier alpha value is -3.06. The Morgan fingerprint density at radius 3 is 2.90 bits per heavy atom.